The molecule has 0 atom stereocenters. The zero-order chi connectivity index (χ0) is 32.8. The van der Waals surface area contributed by atoms with Gasteiger partial charge in [0, 0.05) is 78.8 Å². The van der Waals surface area contributed by atoms with Gasteiger partial charge in [-0.1, -0.05) is 103 Å². The van der Waals surface area contributed by atoms with E-state index < -0.39 is 0 Å². The van der Waals surface area contributed by atoms with E-state index in [1.165, 1.54) is 97.8 Å². The lowest BCUT2D eigenvalue weighted by atomic mass is 9.80. The van der Waals surface area contributed by atoms with E-state index in [0.29, 0.717) is 0 Å². The third kappa shape index (κ3) is 7.99. The number of rotatable bonds is 16. The number of fused-ring (bicyclic) bond motifs is 2. The van der Waals surface area contributed by atoms with E-state index in [-0.39, 0.29) is 11.8 Å². The van der Waals surface area contributed by atoms with Gasteiger partial charge in [-0.05, 0) is 60.6 Å². The van der Waals surface area contributed by atoms with Crippen LogP contribution in [0.3, 0.4) is 0 Å². The summed E-state index contributed by atoms with van der Waals surface area (Å²) in [6.07, 6.45) is 14.4. The number of hydrogen-bond donors (Lipinski definition) is 1. The van der Waals surface area contributed by atoms with Crippen LogP contribution in [0.4, 0.5) is 11.4 Å². The molecule has 2 fully saturated rings. The van der Waals surface area contributed by atoms with Crippen molar-refractivity contribution in [2.75, 3.05) is 42.5 Å². The number of nitrogens with zero attached hydrogens (tertiary/aromatic N) is 2. The molecule has 1 N–H and O–H groups in total. The number of nitrogens with one attached hydrogen (secondary N) is 1. The number of amides is 1. The molecule has 47 heavy (non-hydrogen) atoms. The van der Waals surface area contributed by atoms with E-state index >= 15 is 0 Å². The highest BCUT2D eigenvalue weighted by atomic mass is 16.5. The van der Waals surface area contributed by atoms with Crippen molar-refractivity contribution in [3.05, 3.63) is 82.4 Å². The summed E-state index contributed by atoms with van der Waals surface area (Å²) >= 11 is 0. The van der Waals surface area contributed by atoms with Gasteiger partial charge in [0.2, 0.25) is 0 Å². The molecule has 6 rings (SSSR count). The number of hydrogen-bond acceptors (Lipinski definition) is 4. The zero-order valence-electron chi connectivity index (χ0n) is 29.5. The molecule has 2 saturated heterocycles. The van der Waals surface area contributed by atoms with E-state index in [2.05, 4.69) is 91.3 Å². The summed E-state index contributed by atoms with van der Waals surface area (Å²) in [5.41, 5.74) is 7.89. The van der Waals surface area contributed by atoms with Crippen LogP contribution in [0.5, 0.6) is 11.5 Å². The number of anilines is 2. The lowest BCUT2D eigenvalue weighted by Gasteiger charge is -2.41. The second-order valence-corrected chi connectivity index (χ2v) is 14.9. The lowest BCUT2D eigenvalue weighted by Crippen LogP contribution is -2.45. The van der Waals surface area contributed by atoms with Crippen molar-refractivity contribution in [1.82, 2.24) is 5.32 Å². The van der Waals surface area contributed by atoms with Gasteiger partial charge in [-0.3, -0.25) is 4.79 Å². The van der Waals surface area contributed by atoms with Crippen molar-refractivity contribution in [1.29, 1.82) is 0 Å². The van der Waals surface area contributed by atoms with Crippen LogP contribution in [0, 0.1) is 18.8 Å². The molecule has 5 heteroatoms. The highest BCUT2D eigenvalue weighted by Crippen LogP contribution is 2.50. The first-order valence-electron chi connectivity index (χ1n) is 18.8. The normalized spacial score (nSPS) is 16.3. The maximum atomic E-state index is 13.4. The third-order valence-corrected chi connectivity index (χ3v) is 10.6. The SMILES string of the molecule is CCCCCCCCCCCCCNC(=O)c1ccc(C)c(C2c3ccc(N4CC(C)C4)cc3Oc3cc(N4CC(C)C4)ccc32)c1. The monoisotopic (exact) mass is 635 g/mol. The number of benzene rings is 3. The van der Waals surface area contributed by atoms with E-state index in [0.717, 1.165) is 68.0 Å². The van der Waals surface area contributed by atoms with Crippen LogP contribution in [0.2, 0.25) is 0 Å². The second-order valence-electron chi connectivity index (χ2n) is 14.9. The molecule has 0 saturated carbocycles. The molecule has 0 unspecified atom stereocenters. The van der Waals surface area contributed by atoms with E-state index in [4.69, 9.17) is 4.74 Å². The standard InChI is InChI=1S/C42H57N3O2/c1-5-6-7-8-9-10-11-12-13-14-15-22-43-42(46)33-17-16-32(4)38(23-33)41-36-20-18-34(44-26-30(2)27-44)24-39(36)47-40-25-35(19-21-37(40)41)45-28-31(3)29-45/h16-21,23-25,30-31,41H,5-15,22,26-29H2,1-4H3,(H,43,46). The maximum absolute atomic E-state index is 13.4. The summed E-state index contributed by atoms with van der Waals surface area (Å²) in [6.45, 7) is 14.1. The Kier molecular flexibility index (Phi) is 11.1. The molecule has 0 aliphatic carbocycles. The minimum Gasteiger partial charge on any atom is -0.457 e. The summed E-state index contributed by atoms with van der Waals surface area (Å²) in [6, 6.07) is 19.7. The molecule has 1 amide bonds. The largest absolute Gasteiger partial charge is 0.457 e. The van der Waals surface area contributed by atoms with Crippen LogP contribution in [0.1, 0.15) is 130 Å². The number of carbonyl (C=O) groups excluding carboxylic acids is 1. The predicted octanol–water partition coefficient (Wildman–Crippen LogP) is 10.2. The smallest absolute Gasteiger partial charge is 0.251 e. The van der Waals surface area contributed by atoms with Gasteiger partial charge in [-0.15, -0.1) is 0 Å². The Morgan fingerprint density at radius 1 is 0.681 bits per heavy atom. The number of ether oxygens (including phenoxy) is 1. The van der Waals surface area contributed by atoms with Gasteiger partial charge in [0.15, 0.2) is 0 Å². The van der Waals surface area contributed by atoms with Crippen LogP contribution in [0.25, 0.3) is 0 Å². The first kappa shape index (κ1) is 33.4. The molecule has 3 aliphatic heterocycles. The summed E-state index contributed by atoms with van der Waals surface area (Å²) < 4.78 is 6.71. The second kappa shape index (κ2) is 15.6. The average Bonchev–Trinajstić information content (AvgIpc) is 3.04. The zero-order valence-corrected chi connectivity index (χ0v) is 29.5. The quantitative estimate of drug-likeness (QED) is 0.124. The van der Waals surface area contributed by atoms with Crippen LogP contribution < -0.4 is 19.9 Å². The molecular formula is C42H57N3O2. The molecule has 252 valence electrons. The predicted molar refractivity (Wildman–Crippen MR) is 197 cm³/mol. The lowest BCUT2D eigenvalue weighted by molar-refractivity contribution is 0.0953. The number of carbonyl (C=O) groups is 1. The Morgan fingerprint density at radius 2 is 1.19 bits per heavy atom. The third-order valence-electron chi connectivity index (χ3n) is 10.6. The van der Waals surface area contributed by atoms with Crippen LogP contribution >= 0.6 is 0 Å². The minimum atomic E-state index is 0.00173. The molecule has 3 aromatic carbocycles. The summed E-state index contributed by atoms with van der Waals surface area (Å²) in [5.74, 6) is 3.35. The summed E-state index contributed by atoms with van der Waals surface area (Å²) in [7, 11) is 0. The van der Waals surface area contributed by atoms with Crippen molar-refractivity contribution in [3.8, 4) is 11.5 Å². The fraction of sp³-hybridized carbons (Fsp3) is 0.548. The minimum absolute atomic E-state index is 0.00173. The molecule has 3 aromatic rings. The Bertz CT molecular complexity index is 1440. The van der Waals surface area contributed by atoms with Gasteiger partial charge in [0.1, 0.15) is 11.5 Å². The Morgan fingerprint density at radius 3 is 1.70 bits per heavy atom. The van der Waals surface area contributed by atoms with Gasteiger partial charge >= 0.3 is 0 Å². The van der Waals surface area contributed by atoms with Crippen molar-refractivity contribution in [3.63, 3.8) is 0 Å². The molecular weight excluding hydrogens is 578 g/mol. The van der Waals surface area contributed by atoms with Crippen LogP contribution in [-0.2, 0) is 0 Å². The molecule has 0 spiro atoms. The molecule has 3 aliphatic rings. The van der Waals surface area contributed by atoms with Gasteiger partial charge < -0.3 is 19.9 Å². The number of aryl methyl sites for hydroxylation is 1. The maximum Gasteiger partial charge on any atom is 0.251 e. The van der Waals surface area contributed by atoms with Gasteiger partial charge in [0.05, 0.1) is 0 Å². The molecule has 3 heterocycles. The fourth-order valence-electron chi connectivity index (χ4n) is 7.72. The van der Waals surface area contributed by atoms with E-state index in [1.807, 2.05) is 6.07 Å². The van der Waals surface area contributed by atoms with E-state index in [1.54, 1.807) is 0 Å². The Balaban J connectivity index is 1.13. The molecule has 0 bridgehead atoms. The van der Waals surface area contributed by atoms with Crippen molar-refractivity contribution in [2.45, 2.75) is 104 Å². The Hall–Kier alpha value is -3.47. The first-order valence-corrected chi connectivity index (χ1v) is 18.8. The highest BCUT2D eigenvalue weighted by Gasteiger charge is 2.33. The van der Waals surface area contributed by atoms with Crippen molar-refractivity contribution < 1.29 is 9.53 Å². The summed E-state index contributed by atoms with van der Waals surface area (Å²) in [5, 5.41) is 3.22. The fourth-order valence-corrected chi connectivity index (χ4v) is 7.72. The van der Waals surface area contributed by atoms with Crippen LogP contribution in [-0.4, -0.2) is 38.6 Å². The molecule has 5 nitrogen and oxygen atoms in total. The summed E-state index contributed by atoms with van der Waals surface area (Å²) in [4.78, 5) is 18.3. The van der Waals surface area contributed by atoms with Gasteiger partial charge in [0.25, 0.3) is 5.91 Å². The average molecular weight is 636 g/mol. The van der Waals surface area contributed by atoms with Gasteiger partial charge in [-0.25, -0.2) is 0 Å². The molecule has 0 radical (unpaired) electrons. The first-order chi connectivity index (χ1) is 22.9. The van der Waals surface area contributed by atoms with Gasteiger partial charge in [-0.2, -0.15) is 0 Å². The van der Waals surface area contributed by atoms with Crippen LogP contribution in [0.15, 0.2) is 54.6 Å². The van der Waals surface area contributed by atoms with Crippen molar-refractivity contribution in [2.24, 2.45) is 11.8 Å². The topological polar surface area (TPSA) is 44.8 Å². The van der Waals surface area contributed by atoms with Crippen molar-refractivity contribution >= 4 is 17.3 Å². The number of unbranched alkanes of at least 4 members (excludes halogenated alkanes) is 10. The highest BCUT2D eigenvalue weighted by molar-refractivity contribution is 5.94. The molecule has 0 aromatic heterocycles. The van der Waals surface area contributed by atoms with E-state index in [9.17, 15) is 4.79 Å². The Labute approximate surface area is 284 Å².